The minimum atomic E-state index is -0.239. The molecular formula is C14H16BrFO. The standard InChI is InChI=1S/C14H16BrFO/c15-13-7-12(3-4-14(13)16)17-8-11-6-9-1-2-10(11)5-9/h3-4,7,9-11H,1-2,5-6,8H2. The number of benzene rings is 1. The molecule has 3 atom stereocenters. The molecule has 3 heteroatoms. The van der Waals surface area contributed by atoms with Gasteiger partial charge in [0.1, 0.15) is 11.6 Å². The lowest BCUT2D eigenvalue weighted by Gasteiger charge is -2.21. The van der Waals surface area contributed by atoms with Crippen LogP contribution in [0.25, 0.3) is 0 Å². The van der Waals surface area contributed by atoms with E-state index in [1.807, 2.05) is 0 Å². The molecular weight excluding hydrogens is 283 g/mol. The van der Waals surface area contributed by atoms with Crippen molar-refractivity contribution in [3.63, 3.8) is 0 Å². The number of fused-ring (bicyclic) bond motifs is 2. The maximum absolute atomic E-state index is 13.1. The van der Waals surface area contributed by atoms with Gasteiger partial charge >= 0.3 is 0 Å². The minimum absolute atomic E-state index is 0.239. The summed E-state index contributed by atoms with van der Waals surface area (Å²) in [6.45, 7) is 0.791. The van der Waals surface area contributed by atoms with Gasteiger partial charge in [0, 0.05) is 0 Å². The summed E-state index contributed by atoms with van der Waals surface area (Å²) in [6, 6.07) is 4.86. The molecule has 0 aliphatic heterocycles. The molecule has 3 unspecified atom stereocenters. The van der Waals surface area contributed by atoms with Crippen molar-refractivity contribution in [1.82, 2.24) is 0 Å². The first kappa shape index (κ1) is 11.5. The fourth-order valence-electron chi connectivity index (χ4n) is 3.35. The topological polar surface area (TPSA) is 9.23 Å². The maximum atomic E-state index is 13.1. The van der Waals surface area contributed by atoms with E-state index in [0.717, 1.165) is 30.1 Å². The molecule has 0 radical (unpaired) electrons. The highest BCUT2D eigenvalue weighted by Crippen LogP contribution is 2.48. The lowest BCUT2D eigenvalue weighted by Crippen LogP contribution is -2.18. The highest BCUT2D eigenvalue weighted by Gasteiger charge is 2.39. The summed E-state index contributed by atoms with van der Waals surface area (Å²) in [4.78, 5) is 0. The van der Waals surface area contributed by atoms with Crippen LogP contribution in [0.2, 0.25) is 0 Å². The maximum Gasteiger partial charge on any atom is 0.137 e. The Hall–Kier alpha value is -0.570. The Bertz CT molecular complexity index is 421. The molecule has 0 heterocycles. The first-order chi connectivity index (χ1) is 8.22. The van der Waals surface area contributed by atoms with Gasteiger partial charge in [-0.05, 0) is 71.1 Å². The van der Waals surface area contributed by atoms with E-state index in [1.54, 1.807) is 12.1 Å². The van der Waals surface area contributed by atoms with Gasteiger partial charge in [0.05, 0.1) is 11.1 Å². The van der Waals surface area contributed by atoms with E-state index in [9.17, 15) is 4.39 Å². The van der Waals surface area contributed by atoms with Crippen LogP contribution in [0.5, 0.6) is 5.75 Å². The molecule has 0 aromatic heterocycles. The zero-order valence-electron chi connectivity index (χ0n) is 9.66. The van der Waals surface area contributed by atoms with Crippen molar-refractivity contribution in [1.29, 1.82) is 0 Å². The number of ether oxygens (including phenoxy) is 1. The molecule has 2 aliphatic rings. The molecule has 0 spiro atoms. The first-order valence-electron chi connectivity index (χ1n) is 6.30. The van der Waals surface area contributed by atoms with E-state index in [1.165, 1.54) is 31.7 Å². The van der Waals surface area contributed by atoms with Gasteiger partial charge in [0.2, 0.25) is 0 Å². The van der Waals surface area contributed by atoms with Crippen LogP contribution in [0.15, 0.2) is 22.7 Å². The summed E-state index contributed by atoms with van der Waals surface area (Å²) in [6.07, 6.45) is 5.53. The largest absolute Gasteiger partial charge is 0.493 e. The minimum Gasteiger partial charge on any atom is -0.493 e. The van der Waals surface area contributed by atoms with Gasteiger partial charge in [0.25, 0.3) is 0 Å². The molecule has 2 saturated carbocycles. The molecule has 1 nitrogen and oxygen atoms in total. The van der Waals surface area contributed by atoms with Gasteiger partial charge < -0.3 is 4.74 Å². The van der Waals surface area contributed by atoms with Crippen molar-refractivity contribution >= 4 is 15.9 Å². The summed E-state index contributed by atoms with van der Waals surface area (Å²) in [5.41, 5.74) is 0. The van der Waals surface area contributed by atoms with E-state index < -0.39 is 0 Å². The normalized spacial score (nSPS) is 30.8. The van der Waals surface area contributed by atoms with E-state index in [-0.39, 0.29) is 5.82 Å². The fourth-order valence-corrected chi connectivity index (χ4v) is 3.71. The van der Waals surface area contributed by atoms with Crippen LogP contribution < -0.4 is 4.74 Å². The summed E-state index contributed by atoms with van der Waals surface area (Å²) < 4.78 is 19.3. The molecule has 92 valence electrons. The van der Waals surface area contributed by atoms with Crippen molar-refractivity contribution in [3.05, 3.63) is 28.5 Å². The molecule has 0 N–H and O–H groups in total. The van der Waals surface area contributed by atoms with Crippen LogP contribution in [0, 0.1) is 23.6 Å². The van der Waals surface area contributed by atoms with Gasteiger partial charge in [-0.1, -0.05) is 6.42 Å². The monoisotopic (exact) mass is 298 g/mol. The number of rotatable bonds is 3. The van der Waals surface area contributed by atoms with E-state index >= 15 is 0 Å². The molecule has 1 aromatic rings. The lowest BCUT2D eigenvalue weighted by atomic mass is 9.89. The number of hydrogen-bond acceptors (Lipinski definition) is 1. The van der Waals surface area contributed by atoms with Crippen LogP contribution in [0.3, 0.4) is 0 Å². The summed E-state index contributed by atoms with van der Waals surface area (Å²) in [5, 5.41) is 0. The SMILES string of the molecule is Fc1ccc(OCC2CC3CCC2C3)cc1Br. The highest BCUT2D eigenvalue weighted by molar-refractivity contribution is 9.10. The van der Waals surface area contributed by atoms with E-state index in [2.05, 4.69) is 15.9 Å². The Kier molecular flexibility index (Phi) is 3.12. The van der Waals surface area contributed by atoms with Gasteiger partial charge in [-0.2, -0.15) is 0 Å². The lowest BCUT2D eigenvalue weighted by molar-refractivity contribution is 0.195. The Morgan fingerprint density at radius 3 is 2.82 bits per heavy atom. The van der Waals surface area contributed by atoms with Crippen molar-refractivity contribution in [3.8, 4) is 5.75 Å². The third kappa shape index (κ3) is 2.35. The zero-order chi connectivity index (χ0) is 11.8. The summed E-state index contributed by atoms with van der Waals surface area (Å²) in [5.74, 6) is 3.08. The first-order valence-corrected chi connectivity index (χ1v) is 7.09. The second-order valence-corrected chi connectivity index (χ2v) is 6.18. The van der Waals surface area contributed by atoms with Crippen LogP contribution in [-0.2, 0) is 0 Å². The van der Waals surface area contributed by atoms with Crippen LogP contribution >= 0.6 is 15.9 Å². The molecule has 0 amide bonds. The van der Waals surface area contributed by atoms with Crippen LogP contribution in [0.4, 0.5) is 4.39 Å². The molecule has 3 rings (SSSR count). The highest BCUT2D eigenvalue weighted by atomic mass is 79.9. The van der Waals surface area contributed by atoms with Crippen molar-refractivity contribution in [2.24, 2.45) is 17.8 Å². The Balaban J connectivity index is 1.59. The fraction of sp³-hybridized carbons (Fsp3) is 0.571. The third-order valence-electron chi connectivity index (χ3n) is 4.24. The van der Waals surface area contributed by atoms with Crippen molar-refractivity contribution in [2.45, 2.75) is 25.7 Å². The quantitative estimate of drug-likeness (QED) is 0.803. The Morgan fingerprint density at radius 1 is 1.29 bits per heavy atom. The molecule has 2 fully saturated rings. The van der Waals surface area contributed by atoms with Gasteiger partial charge in [-0.15, -0.1) is 0 Å². The van der Waals surface area contributed by atoms with Gasteiger partial charge in [-0.25, -0.2) is 4.39 Å². The summed E-state index contributed by atoms with van der Waals surface area (Å²) in [7, 11) is 0. The predicted molar refractivity (Wildman–Crippen MR) is 68.5 cm³/mol. The average Bonchev–Trinajstić information content (AvgIpc) is 2.92. The zero-order valence-corrected chi connectivity index (χ0v) is 11.2. The van der Waals surface area contributed by atoms with Crippen molar-refractivity contribution in [2.75, 3.05) is 6.61 Å². The molecule has 17 heavy (non-hydrogen) atoms. The van der Waals surface area contributed by atoms with Gasteiger partial charge in [-0.3, -0.25) is 0 Å². The molecule has 1 aromatic carbocycles. The van der Waals surface area contributed by atoms with E-state index in [0.29, 0.717) is 4.47 Å². The second-order valence-electron chi connectivity index (χ2n) is 5.32. The number of halogens is 2. The smallest absolute Gasteiger partial charge is 0.137 e. The van der Waals surface area contributed by atoms with E-state index in [4.69, 9.17) is 4.74 Å². The Morgan fingerprint density at radius 2 is 2.18 bits per heavy atom. The van der Waals surface area contributed by atoms with Gasteiger partial charge in [0.15, 0.2) is 0 Å². The Labute approximate surface area is 109 Å². The predicted octanol–water partition coefficient (Wildman–Crippen LogP) is 4.40. The summed E-state index contributed by atoms with van der Waals surface area (Å²) >= 11 is 3.18. The van der Waals surface area contributed by atoms with Crippen molar-refractivity contribution < 1.29 is 9.13 Å². The molecule has 2 bridgehead atoms. The number of hydrogen-bond donors (Lipinski definition) is 0. The third-order valence-corrected chi connectivity index (χ3v) is 4.85. The second kappa shape index (κ2) is 4.60. The molecule has 0 saturated heterocycles. The van der Waals surface area contributed by atoms with Crippen LogP contribution in [0.1, 0.15) is 25.7 Å². The molecule has 2 aliphatic carbocycles. The average molecular weight is 299 g/mol. The van der Waals surface area contributed by atoms with Crippen LogP contribution in [-0.4, -0.2) is 6.61 Å².